The lowest BCUT2D eigenvalue weighted by Crippen LogP contribution is -2.41. The van der Waals surface area contributed by atoms with Gasteiger partial charge in [0.25, 0.3) is 5.91 Å². The first kappa shape index (κ1) is 23.5. The van der Waals surface area contributed by atoms with Gasteiger partial charge in [-0.2, -0.15) is 13.2 Å². The monoisotopic (exact) mass is 533 g/mol. The van der Waals surface area contributed by atoms with Gasteiger partial charge in [-0.3, -0.25) is 4.79 Å². The van der Waals surface area contributed by atoms with Crippen LogP contribution in [0.25, 0.3) is 11.4 Å². The van der Waals surface area contributed by atoms with Crippen LogP contribution < -0.4 is 5.32 Å². The Kier molecular flexibility index (Phi) is 5.25. The van der Waals surface area contributed by atoms with Crippen molar-refractivity contribution >= 4 is 34.9 Å². The van der Waals surface area contributed by atoms with Crippen LogP contribution in [0.2, 0.25) is 10.0 Å². The molecule has 36 heavy (non-hydrogen) atoms. The summed E-state index contributed by atoms with van der Waals surface area (Å²) < 4.78 is 39.2. The van der Waals surface area contributed by atoms with Crippen LogP contribution in [-0.4, -0.2) is 43.9 Å². The van der Waals surface area contributed by atoms with E-state index in [4.69, 9.17) is 23.2 Å². The Labute approximate surface area is 214 Å². The number of alkyl halides is 3. The SMILES string of the molecule is O=C(c1cc(Cl)ccc1-c1ncccn1)N1CC2(CC2)CC12C[C@@H]2Nc1cc(Cl)c(C(F)(F)F)cn1. The smallest absolute Gasteiger partial charge is 0.365 e. The van der Waals surface area contributed by atoms with Crippen LogP contribution >= 0.6 is 23.2 Å². The molecule has 186 valence electrons. The van der Waals surface area contributed by atoms with Gasteiger partial charge in [-0.05, 0) is 61.4 Å². The summed E-state index contributed by atoms with van der Waals surface area (Å²) in [5.74, 6) is 0.521. The molecular formula is C25H20Cl2F3N5O. The maximum absolute atomic E-state index is 14.0. The molecule has 3 fully saturated rings. The molecule has 2 aliphatic carbocycles. The van der Waals surface area contributed by atoms with E-state index < -0.39 is 22.3 Å². The van der Waals surface area contributed by atoms with E-state index in [1.807, 2.05) is 4.90 Å². The second-order valence-electron chi connectivity index (χ2n) is 9.88. The summed E-state index contributed by atoms with van der Waals surface area (Å²) in [5.41, 5.74) is -0.335. The Hall–Kier alpha value is -2.91. The Morgan fingerprint density at radius 2 is 1.86 bits per heavy atom. The number of likely N-dealkylation sites (tertiary alicyclic amines) is 1. The van der Waals surface area contributed by atoms with Gasteiger partial charge < -0.3 is 10.2 Å². The highest BCUT2D eigenvalue weighted by molar-refractivity contribution is 6.31. The molecule has 2 spiro atoms. The van der Waals surface area contributed by atoms with Crippen molar-refractivity contribution in [3.8, 4) is 11.4 Å². The molecule has 2 saturated carbocycles. The summed E-state index contributed by atoms with van der Waals surface area (Å²) in [4.78, 5) is 28.4. The Morgan fingerprint density at radius 3 is 2.53 bits per heavy atom. The lowest BCUT2D eigenvalue weighted by molar-refractivity contribution is -0.137. The number of carbonyl (C=O) groups excluding carboxylic acids is 1. The van der Waals surface area contributed by atoms with Crippen LogP contribution in [0.1, 0.15) is 41.6 Å². The van der Waals surface area contributed by atoms with Crippen LogP contribution in [0.4, 0.5) is 19.0 Å². The second kappa shape index (κ2) is 8.05. The Bertz CT molecular complexity index is 1370. The highest BCUT2D eigenvalue weighted by atomic mass is 35.5. The van der Waals surface area contributed by atoms with Gasteiger partial charge in [0.1, 0.15) is 5.82 Å². The van der Waals surface area contributed by atoms with E-state index in [1.54, 1.807) is 36.7 Å². The molecule has 2 aromatic heterocycles. The fourth-order valence-corrected chi connectivity index (χ4v) is 5.85. The van der Waals surface area contributed by atoms with Crippen molar-refractivity contribution in [3.05, 3.63) is 70.1 Å². The van der Waals surface area contributed by atoms with Crippen molar-refractivity contribution in [3.63, 3.8) is 0 Å². The fraction of sp³-hybridized carbons (Fsp3) is 0.360. The molecule has 1 aromatic carbocycles. The molecule has 3 aliphatic rings. The first-order valence-corrected chi connectivity index (χ1v) is 12.2. The van der Waals surface area contributed by atoms with Crippen LogP contribution in [0, 0.1) is 5.41 Å². The molecule has 11 heteroatoms. The normalized spacial score (nSPS) is 23.8. The van der Waals surface area contributed by atoms with E-state index in [2.05, 4.69) is 20.3 Å². The van der Waals surface area contributed by atoms with Crippen LogP contribution in [0.3, 0.4) is 0 Å². The molecule has 3 heterocycles. The number of hydrogen-bond acceptors (Lipinski definition) is 5. The predicted octanol–water partition coefficient (Wildman–Crippen LogP) is 6.11. The number of rotatable bonds is 4. The summed E-state index contributed by atoms with van der Waals surface area (Å²) in [5, 5.41) is 3.23. The number of pyridine rings is 1. The summed E-state index contributed by atoms with van der Waals surface area (Å²) in [6.45, 7) is 0.618. The molecule has 3 aromatic rings. The van der Waals surface area contributed by atoms with Crippen molar-refractivity contribution in [1.29, 1.82) is 0 Å². The number of benzene rings is 1. The summed E-state index contributed by atoms with van der Waals surface area (Å²) in [6.07, 6.45) is 2.97. The molecule has 6 nitrogen and oxygen atoms in total. The van der Waals surface area contributed by atoms with Gasteiger partial charge in [-0.1, -0.05) is 23.2 Å². The number of hydrogen-bond donors (Lipinski definition) is 1. The number of anilines is 1. The highest BCUT2D eigenvalue weighted by Crippen LogP contribution is 2.65. The van der Waals surface area contributed by atoms with E-state index >= 15 is 0 Å². The van der Waals surface area contributed by atoms with Crippen molar-refractivity contribution in [2.45, 2.75) is 43.4 Å². The van der Waals surface area contributed by atoms with Gasteiger partial charge >= 0.3 is 6.18 Å². The lowest BCUT2D eigenvalue weighted by Gasteiger charge is -2.27. The largest absolute Gasteiger partial charge is 0.419 e. The number of halogens is 5. The lowest BCUT2D eigenvalue weighted by atomic mass is 10.0. The predicted molar refractivity (Wildman–Crippen MR) is 129 cm³/mol. The van der Waals surface area contributed by atoms with E-state index in [0.29, 0.717) is 34.9 Å². The van der Waals surface area contributed by atoms with E-state index in [-0.39, 0.29) is 23.2 Å². The van der Waals surface area contributed by atoms with Crippen LogP contribution in [0.5, 0.6) is 0 Å². The van der Waals surface area contributed by atoms with Gasteiger partial charge in [-0.25, -0.2) is 15.0 Å². The summed E-state index contributed by atoms with van der Waals surface area (Å²) >= 11 is 12.2. The van der Waals surface area contributed by atoms with Crippen molar-refractivity contribution < 1.29 is 18.0 Å². The zero-order valence-electron chi connectivity index (χ0n) is 18.8. The third kappa shape index (κ3) is 3.98. The highest BCUT2D eigenvalue weighted by Gasteiger charge is 2.70. The molecule has 1 unspecified atom stereocenters. The van der Waals surface area contributed by atoms with E-state index in [1.165, 1.54) is 6.07 Å². The molecule has 1 saturated heterocycles. The van der Waals surface area contributed by atoms with Crippen molar-refractivity contribution in [2.24, 2.45) is 5.41 Å². The number of amides is 1. The van der Waals surface area contributed by atoms with Crippen molar-refractivity contribution in [2.75, 3.05) is 11.9 Å². The summed E-state index contributed by atoms with van der Waals surface area (Å²) in [6, 6.07) is 7.83. The molecule has 1 N–H and O–H groups in total. The number of nitrogens with one attached hydrogen (secondary N) is 1. The zero-order valence-corrected chi connectivity index (χ0v) is 20.3. The molecule has 6 rings (SSSR count). The Balaban J connectivity index is 1.30. The minimum absolute atomic E-state index is 0.0826. The topological polar surface area (TPSA) is 71.0 Å². The van der Waals surface area contributed by atoms with Crippen LogP contribution in [0.15, 0.2) is 48.9 Å². The Morgan fingerprint density at radius 1 is 1.11 bits per heavy atom. The van der Waals surface area contributed by atoms with Crippen LogP contribution in [-0.2, 0) is 6.18 Å². The van der Waals surface area contributed by atoms with Gasteiger partial charge in [0.2, 0.25) is 0 Å². The fourth-order valence-electron chi connectivity index (χ4n) is 5.42. The van der Waals surface area contributed by atoms with E-state index in [0.717, 1.165) is 25.5 Å². The first-order chi connectivity index (χ1) is 17.1. The number of aromatic nitrogens is 3. The van der Waals surface area contributed by atoms with Crippen molar-refractivity contribution in [1.82, 2.24) is 19.9 Å². The third-order valence-corrected chi connectivity index (χ3v) is 8.01. The van der Waals surface area contributed by atoms with Gasteiger partial charge in [0.05, 0.1) is 27.7 Å². The van der Waals surface area contributed by atoms with Gasteiger partial charge in [0.15, 0.2) is 5.82 Å². The standard InChI is InChI=1S/C25H20Cl2F3N5O/c26-14-2-3-15(21-31-6-1-7-32-21)16(8-14)22(36)35-13-23(4-5-23)12-24(35)10-19(24)34-20-9-18(27)17(11-33-20)25(28,29)30/h1-3,6-9,11,19H,4-5,10,12-13H2,(H,33,34)/t19-,24?/m0/s1. The summed E-state index contributed by atoms with van der Waals surface area (Å²) in [7, 11) is 0. The molecule has 2 atom stereocenters. The average molecular weight is 534 g/mol. The maximum Gasteiger partial charge on any atom is 0.419 e. The third-order valence-electron chi connectivity index (χ3n) is 7.46. The number of carbonyl (C=O) groups is 1. The average Bonchev–Trinajstić information content (AvgIpc) is 3.71. The molecule has 0 radical (unpaired) electrons. The number of nitrogens with zero attached hydrogens (tertiary/aromatic N) is 4. The molecule has 1 amide bonds. The molecule has 0 bridgehead atoms. The zero-order chi connectivity index (χ0) is 25.3. The molecular weight excluding hydrogens is 514 g/mol. The first-order valence-electron chi connectivity index (χ1n) is 11.5. The minimum atomic E-state index is -4.58. The minimum Gasteiger partial charge on any atom is -0.365 e. The maximum atomic E-state index is 14.0. The second-order valence-corrected chi connectivity index (χ2v) is 10.7. The van der Waals surface area contributed by atoms with E-state index in [9.17, 15) is 18.0 Å². The van der Waals surface area contributed by atoms with Gasteiger partial charge in [-0.15, -0.1) is 0 Å². The molecule has 1 aliphatic heterocycles. The quantitative estimate of drug-likeness (QED) is 0.437. The van der Waals surface area contributed by atoms with Gasteiger partial charge in [0, 0.05) is 35.7 Å².